The van der Waals surface area contributed by atoms with Crippen molar-refractivity contribution in [3.63, 3.8) is 0 Å². The molecule has 3 amide bonds. The average molecular weight is 466 g/mol. The van der Waals surface area contributed by atoms with Crippen LogP contribution in [-0.4, -0.2) is 50.1 Å². The maximum absolute atomic E-state index is 12.5. The molecule has 0 saturated carbocycles. The van der Waals surface area contributed by atoms with Gasteiger partial charge in [0.1, 0.15) is 5.75 Å². The van der Waals surface area contributed by atoms with Crippen LogP contribution in [0.1, 0.15) is 30.4 Å². The molecule has 2 saturated heterocycles. The van der Waals surface area contributed by atoms with E-state index in [1.54, 1.807) is 29.2 Å². The molecule has 2 aliphatic heterocycles. The molecule has 0 aliphatic carbocycles. The highest BCUT2D eigenvalue weighted by atomic mass is 16.5. The van der Waals surface area contributed by atoms with Crippen LogP contribution >= 0.6 is 0 Å². The predicted octanol–water partition coefficient (Wildman–Crippen LogP) is 2.97. The van der Waals surface area contributed by atoms with Crippen LogP contribution in [0.25, 0.3) is 0 Å². The normalized spacial score (nSPS) is 19.8. The highest BCUT2D eigenvalue weighted by Crippen LogP contribution is 2.27. The van der Waals surface area contributed by atoms with E-state index in [2.05, 4.69) is 10.6 Å². The smallest absolute Gasteiger partial charge is 0.262 e. The molecule has 2 fully saturated rings. The third-order valence-electron chi connectivity index (χ3n) is 6.29. The molecule has 8 nitrogen and oxygen atoms in total. The van der Waals surface area contributed by atoms with Gasteiger partial charge in [-0.3, -0.25) is 14.4 Å². The summed E-state index contributed by atoms with van der Waals surface area (Å²) in [5, 5.41) is 5.81. The van der Waals surface area contributed by atoms with E-state index in [1.165, 1.54) is 0 Å². The molecule has 2 N–H and O–H groups in total. The lowest BCUT2D eigenvalue weighted by molar-refractivity contribution is -0.126. The van der Waals surface area contributed by atoms with E-state index in [0.29, 0.717) is 24.5 Å². The van der Waals surface area contributed by atoms with Crippen LogP contribution in [0.15, 0.2) is 42.5 Å². The van der Waals surface area contributed by atoms with Gasteiger partial charge >= 0.3 is 0 Å². The van der Waals surface area contributed by atoms with Crippen LogP contribution in [0.4, 0.5) is 11.4 Å². The standard InChI is InChI=1S/C26H31N3O5/c1-17-5-3-6-18(2)25(17)28-23(30)16-34-21-10-8-20(9-11-21)29-15-19(13-24(29)31)26(32)27-14-22-7-4-12-33-22/h3,5-6,8-11,19,22H,4,7,12-16H2,1-2H3,(H,27,32)(H,28,30)/t19-,22-/m0/s1. The fourth-order valence-corrected chi connectivity index (χ4v) is 4.36. The third-order valence-corrected chi connectivity index (χ3v) is 6.29. The minimum absolute atomic E-state index is 0.0764. The van der Waals surface area contributed by atoms with Gasteiger partial charge in [0.2, 0.25) is 11.8 Å². The van der Waals surface area contributed by atoms with Gasteiger partial charge in [-0.05, 0) is 62.1 Å². The number of aryl methyl sites for hydroxylation is 2. The zero-order chi connectivity index (χ0) is 24.1. The number of nitrogens with one attached hydrogen (secondary N) is 2. The number of carbonyl (C=O) groups excluding carboxylic acids is 3. The highest BCUT2D eigenvalue weighted by molar-refractivity contribution is 6.00. The molecule has 2 atom stereocenters. The van der Waals surface area contributed by atoms with Crippen molar-refractivity contribution in [1.82, 2.24) is 5.32 Å². The first-order valence-corrected chi connectivity index (χ1v) is 11.7. The molecule has 0 bridgehead atoms. The van der Waals surface area contributed by atoms with Crippen LogP contribution < -0.4 is 20.3 Å². The van der Waals surface area contributed by atoms with Crippen molar-refractivity contribution in [2.75, 3.05) is 36.5 Å². The predicted molar refractivity (Wildman–Crippen MR) is 129 cm³/mol. The van der Waals surface area contributed by atoms with Crippen LogP contribution in [0.3, 0.4) is 0 Å². The maximum atomic E-state index is 12.5. The van der Waals surface area contributed by atoms with Crippen molar-refractivity contribution in [2.24, 2.45) is 5.92 Å². The Morgan fingerprint density at radius 2 is 1.85 bits per heavy atom. The first-order chi connectivity index (χ1) is 16.4. The van der Waals surface area contributed by atoms with E-state index in [4.69, 9.17) is 9.47 Å². The summed E-state index contributed by atoms with van der Waals surface area (Å²) >= 11 is 0. The summed E-state index contributed by atoms with van der Waals surface area (Å²) in [6, 6.07) is 12.8. The molecule has 2 aliphatic rings. The Bertz CT molecular complexity index is 1030. The maximum Gasteiger partial charge on any atom is 0.262 e. The minimum atomic E-state index is -0.376. The van der Waals surface area contributed by atoms with Gasteiger partial charge in [-0.15, -0.1) is 0 Å². The summed E-state index contributed by atoms with van der Waals surface area (Å²) in [4.78, 5) is 38.9. The van der Waals surface area contributed by atoms with Crippen molar-refractivity contribution in [3.05, 3.63) is 53.6 Å². The van der Waals surface area contributed by atoms with Gasteiger partial charge < -0.3 is 25.0 Å². The summed E-state index contributed by atoms with van der Waals surface area (Å²) in [6.45, 7) is 5.34. The van der Waals surface area contributed by atoms with E-state index < -0.39 is 0 Å². The Morgan fingerprint density at radius 3 is 2.53 bits per heavy atom. The SMILES string of the molecule is Cc1cccc(C)c1NC(=O)COc1ccc(N2C[C@@H](C(=O)NC[C@@H]3CCCO3)CC2=O)cc1. The molecular weight excluding hydrogens is 434 g/mol. The van der Waals surface area contributed by atoms with E-state index in [-0.39, 0.29) is 42.8 Å². The van der Waals surface area contributed by atoms with Crippen LogP contribution in [0.5, 0.6) is 5.75 Å². The number of nitrogens with zero attached hydrogens (tertiary/aromatic N) is 1. The Balaban J connectivity index is 1.27. The molecule has 2 aromatic rings. The van der Waals surface area contributed by atoms with Crippen molar-refractivity contribution in [3.8, 4) is 5.75 Å². The van der Waals surface area contributed by atoms with Crippen molar-refractivity contribution < 1.29 is 23.9 Å². The van der Waals surface area contributed by atoms with Crippen molar-refractivity contribution in [2.45, 2.75) is 39.2 Å². The quantitative estimate of drug-likeness (QED) is 0.625. The topological polar surface area (TPSA) is 97.0 Å². The number of anilines is 2. The second kappa shape index (κ2) is 10.7. The molecule has 34 heavy (non-hydrogen) atoms. The van der Waals surface area contributed by atoms with Gasteiger partial charge in [0.05, 0.1) is 12.0 Å². The number of hydrogen-bond donors (Lipinski definition) is 2. The first kappa shape index (κ1) is 23.8. The number of benzene rings is 2. The largest absolute Gasteiger partial charge is 0.484 e. The molecule has 180 valence electrons. The molecule has 8 heteroatoms. The van der Waals surface area contributed by atoms with Gasteiger partial charge in [0.15, 0.2) is 6.61 Å². The van der Waals surface area contributed by atoms with Crippen molar-refractivity contribution in [1.29, 1.82) is 0 Å². The van der Waals surface area contributed by atoms with Crippen LogP contribution in [0, 0.1) is 19.8 Å². The average Bonchev–Trinajstić information content (AvgIpc) is 3.49. The van der Waals surface area contributed by atoms with E-state index in [0.717, 1.165) is 36.3 Å². The Labute approximate surface area is 199 Å². The molecule has 0 radical (unpaired) electrons. The number of para-hydroxylation sites is 1. The highest BCUT2D eigenvalue weighted by Gasteiger charge is 2.35. The first-order valence-electron chi connectivity index (χ1n) is 11.7. The van der Waals surface area contributed by atoms with Gasteiger partial charge in [-0.25, -0.2) is 0 Å². The van der Waals surface area contributed by atoms with E-state index >= 15 is 0 Å². The fourth-order valence-electron chi connectivity index (χ4n) is 4.36. The number of carbonyl (C=O) groups is 3. The van der Waals surface area contributed by atoms with Gasteiger partial charge in [-0.2, -0.15) is 0 Å². The molecule has 2 heterocycles. The number of amides is 3. The third kappa shape index (κ3) is 5.75. The summed E-state index contributed by atoms with van der Waals surface area (Å²) in [5.41, 5.74) is 3.48. The van der Waals surface area contributed by atoms with E-state index in [1.807, 2.05) is 32.0 Å². The van der Waals surface area contributed by atoms with Gasteiger partial charge in [-0.1, -0.05) is 18.2 Å². The minimum Gasteiger partial charge on any atom is -0.484 e. The number of hydrogen-bond acceptors (Lipinski definition) is 5. The zero-order valence-corrected chi connectivity index (χ0v) is 19.6. The summed E-state index contributed by atoms with van der Waals surface area (Å²) in [5.74, 6) is -0.287. The molecule has 0 aromatic heterocycles. The second-order valence-corrected chi connectivity index (χ2v) is 8.88. The van der Waals surface area contributed by atoms with Gasteiger partial charge in [0, 0.05) is 37.5 Å². The Morgan fingerprint density at radius 1 is 1.12 bits per heavy atom. The second-order valence-electron chi connectivity index (χ2n) is 8.88. The molecule has 0 unspecified atom stereocenters. The number of ether oxygens (including phenoxy) is 2. The molecular formula is C26H31N3O5. The lowest BCUT2D eigenvalue weighted by Crippen LogP contribution is -2.37. The summed E-state index contributed by atoms with van der Waals surface area (Å²) in [7, 11) is 0. The molecule has 4 rings (SSSR count). The molecule has 0 spiro atoms. The zero-order valence-electron chi connectivity index (χ0n) is 19.6. The number of rotatable bonds is 8. The Kier molecular flexibility index (Phi) is 7.47. The molecule has 2 aromatic carbocycles. The van der Waals surface area contributed by atoms with Crippen LogP contribution in [-0.2, 0) is 19.1 Å². The van der Waals surface area contributed by atoms with Crippen LogP contribution in [0.2, 0.25) is 0 Å². The monoisotopic (exact) mass is 465 g/mol. The fraction of sp³-hybridized carbons (Fsp3) is 0.423. The summed E-state index contributed by atoms with van der Waals surface area (Å²) < 4.78 is 11.1. The van der Waals surface area contributed by atoms with E-state index in [9.17, 15) is 14.4 Å². The van der Waals surface area contributed by atoms with Crippen molar-refractivity contribution >= 4 is 29.1 Å². The van der Waals surface area contributed by atoms with Gasteiger partial charge in [0.25, 0.3) is 5.91 Å². The lowest BCUT2D eigenvalue weighted by atomic mass is 10.1. The summed E-state index contributed by atoms with van der Waals surface area (Å²) in [6.07, 6.45) is 2.24. The lowest BCUT2D eigenvalue weighted by Gasteiger charge is -2.18. The Hall–Kier alpha value is -3.39.